The number of esters is 3. The summed E-state index contributed by atoms with van der Waals surface area (Å²) in [4.78, 5) is 38.4. The van der Waals surface area contributed by atoms with Crippen molar-refractivity contribution in [3.8, 4) is 0 Å². The van der Waals surface area contributed by atoms with Gasteiger partial charge in [-0.05, 0) is 103 Å². The van der Waals surface area contributed by atoms with Crippen LogP contribution in [0.3, 0.4) is 0 Å². The zero-order valence-corrected chi connectivity index (χ0v) is 51.0. The Hall–Kier alpha value is -2.63. The molecule has 0 bridgehead atoms. The normalized spacial score (nSPS) is 12.3. The molecule has 0 aromatic rings. The molecule has 0 aromatic carbocycles. The van der Waals surface area contributed by atoms with Crippen molar-refractivity contribution in [2.45, 2.75) is 367 Å². The van der Waals surface area contributed by atoms with E-state index >= 15 is 0 Å². The minimum absolute atomic E-state index is 0.0752. The van der Waals surface area contributed by atoms with Crippen LogP contribution in [0.5, 0.6) is 0 Å². The minimum Gasteiger partial charge on any atom is -0.462 e. The van der Waals surface area contributed by atoms with Crippen LogP contribution in [0, 0.1) is 0 Å². The van der Waals surface area contributed by atoms with Crippen molar-refractivity contribution in [3.63, 3.8) is 0 Å². The van der Waals surface area contributed by atoms with Gasteiger partial charge in [0, 0.05) is 19.3 Å². The molecule has 0 aliphatic heterocycles. The van der Waals surface area contributed by atoms with E-state index in [0.29, 0.717) is 19.3 Å². The first kappa shape index (κ1) is 73.4. The van der Waals surface area contributed by atoms with Crippen molar-refractivity contribution >= 4 is 17.9 Å². The molecule has 1 atom stereocenters. The van der Waals surface area contributed by atoms with Crippen LogP contribution in [0.1, 0.15) is 361 Å². The van der Waals surface area contributed by atoms with Gasteiger partial charge in [0.1, 0.15) is 13.2 Å². The van der Waals surface area contributed by atoms with Gasteiger partial charge < -0.3 is 14.2 Å². The van der Waals surface area contributed by atoms with Crippen LogP contribution in [0.15, 0.2) is 48.6 Å². The van der Waals surface area contributed by atoms with Crippen LogP contribution in [0.2, 0.25) is 0 Å². The summed E-state index contributed by atoms with van der Waals surface area (Å²) in [7, 11) is 0. The number of rotatable bonds is 62. The summed E-state index contributed by atoms with van der Waals surface area (Å²) >= 11 is 0. The molecule has 76 heavy (non-hydrogen) atoms. The van der Waals surface area contributed by atoms with Crippen molar-refractivity contribution in [3.05, 3.63) is 48.6 Å². The molecule has 0 aliphatic rings. The van der Waals surface area contributed by atoms with E-state index in [-0.39, 0.29) is 31.1 Å². The van der Waals surface area contributed by atoms with Crippen LogP contribution < -0.4 is 0 Å². The molecule has 0 saturated heterocycles. The molecule has 0 aromatic heterocycles. The van der Waals surface area contributed by atoms with Crippen molar-refractivity contribution in [2.24, 2.45) is 0 Å². The van der Waals surface area contributed by atoms with E-state index in [1.54, 1.807) is 0 Å². The van der Waals surface area contributed by atoms with Crippen molar-refractivity contribution in [2.75, 3.05) is 13.2 Å². The van der Waals surface area contributed by atoms with Crippen LogP contribution in [0.25, 0.3) is 0 Å². The van der Waals surface area contributed by atoms with E-state index in [4.69, 9.17) is 14.2 Å². The SMILES string of the molecule is CCCCCCC/C=C\C/C=C\CCCCCCCCCCCC(=O)OC(COC(=O)CCCCCCC/C=C\CCCCCCC)COC(=O)CCCCCCCCCCCCC/C=C\CCCCCCCCCC. The van der Waals surface area contributed by atoms with E-state index in [1.165, 1.54) is 250 Å². The number of carbonyl (C=O) groups is 3. The second kappa shape index (κ2) is 64.9. The lowest BCUT2D eigenvalue weighted by atomic mass is 10.0. The van der Waals surface area contributed by atoms with E-state index in [2.05, 4.69) is 69.4 Å². The molecule has 6 heteroatoms. The highest BCUT2D eigenvalue weighted by Gasteiger charge is 2.19. The maximum atomic E-state index is 12.9. The van der Waals surface area contributed by atoms with Gasteiger partial charge in [-0.15, -0.1) is 0 Å². The van der Waals surface area contributed by atoms with Crippen LogP contribution in [-0.2, 0) is 28.6 Å². The smallest absolute Gasteiger partial charge is 0.306 e. The van der Waals surface area contributed by atoms with E-state index in [0.717, 1.165) is 70.6 Å². The topological polar surface area (TPSA) is 78.9 Å². The molecular weight excluding hydrogens is 937 g/mol. The lowest BCUT2D eigenvalue weighted by Gasteiger charge is -2.18. The molecule has 0 saturated carbocycles. The van der Waals surface area contributed by atoms with Crippen LogP contribution in [-0.4, -0.2) is 37.2 Å². The second-order valence-corrected chi connectivity index (χ2v) is 22.7. The van der Waals surface area contributed by atoms with E-state index in [1.807, 2.05) is 0 Å². The summed E-state index contributed by atoms with van der Waals surface area (Å²) in [5.74, 6) is -0.868. The quantitative estimate of drug-likeness (QED) is 0.0261. The Labute approximate surface area is 473 Å². The zero-order valence-electron chi connectivity index (χ0n) is 51.0. The van der Waals surface area contributed by atoms with Gasteiger partial charge in [-0.1, -0.05) is 288 Å². The van der Waals surface area contributed by atoms with Crippen molar-refractivity contribution in [1.82, 2.24) is 0 Å². The summed E-state index contributed by atoms with van der Waals surface area (Å²) in [6, 6.07) is 0. The number of hydrogen-bond acceptors (Lipinski definition) is 6. The average Bonchev–Trinajstić information content (AvgIpc) is 3.42. The Balaban J connectivity index is 4.31. The fraction of sp³-hybridized carbons (Fsp3) is 0.843. The zero-order chi connectivity index (χ0) is 55.0. The Bertz CT molecular complexity index is 1310. The van der Waals surface area contributed by atoms with Gasteiger partial charge in [-0.25, -0.2) is 0 Å². The van der Waals surface area contributed by atoms with Crippen molar-refractivity contribution < 1.29 is 28.6 Å². The number of hydrogen-bond donors (Lipinski definition) is 0. The molecule has 0 heterocycles. The standard InChI is InChI=1S/C70H128O6/c1-4-7-10-13-16-19-22-25-28-30-32-34-35-37-38-40-42-45-48-51-54-57-60-63-69(72)75-66-67(65-74-68(71)62-59-56-53-50-47-44-27-24-21-18-15-12-9-6-3)76-70(73)64-61-58-55-52-49-46-43-41-39-36-33-31-29-26-23-20-17-14-11-8-5-2/h23-24,26-27,30-33,67H,4-22,25,28-29,34-66H2,1-3H3/b26-23-,27-24-,32-30-,33-31-. The fourth-order valence-corrected chi connectivity index (χ4v) is 9.94. The fourth-order valence-electron chi connectivity index (χ4n) is 9.94. The van der Waals surface area contributed by atoms with Crippen molar-refractivity contribution in [1.29, 1.82) is 0 Å². The third-order valence-corrected chi connectivity index (χ3v) is 15.0. The number of unbranched alkanes of at least 4 members (excludes halogenated alkanes) is 43. The molecule has 1 unspecified atom stereocenters. The molecule has 6 nitrogen and oxygen atoms in total. The largest absolute Gasteiger partial charge is 0.462 e. The average molecular weight is 1070 g/mol. The molecule has 444 valence electrons. The highest BCUT2D eigenvalue weighted by molar-refractivity contribution is 5.71. The maximum Gasteiger partial charge on any atom is 0.306 e. The lowest BCUT2D eigenvalue weighted by Crippen LogP contribution is -2.30. The number of carbonyl (C=O) groups excluding carboxylic acids is 3. The van der Waals surface area contributed by atoms with Gasteiger partial charge in [-0.3, -0.25) is 14.4 Å². The van der Waals surface area contributed by atoms with E-state index < -0.39 is 6.10 Å². The van der Waals surface area contributed by atoms with Crippen LogP contribution >= 0.6 is 0 Å². The molecule has 0 aliphatic carbocycles. The van der Waals surface area contributed by atoms with Gasteiger partial charge in [-0.2, -0.15) is 0 Å². The predicted molar refractivity (Wildman–Crippen MR) is 330 cm³/mol. The first-order chi connectivity index (χ1) is 37.5. The highest BCUT2D eigenvalue weighted by atomic mass is 16.6. The third-order valence-electron chi connectivity index (χ3n) is 15.0. The summed E-state index contributed by atoms with van der Waals surface area (Å²) in [6.45, 7) is 6.66. The Morgan fingerprint density at radius 1 is 0.263 bits per heavy atom. The van der Waals surface area contributed by atoms with Gasteiger partial charge in [0.05, 0.1) is 0 Å². The Morgan fingerprint density at radius 2 is 0.474 bits per heavy atom. The maximum absolute atomic E-state index is 12.9. The lowest BCUT2D eigenvalue weighted by molar-refractivity contribution is -0.167. The van der Waals surface area contributed by atoms with E-state index in [9.17, 15) is 14.4 Å². The molecule has 0 fully saturated rings. The Morgan fingerprint density at radius 3 is 0.737 bits per heavy atom. The number of allylic oxidation sites excluding steroid dienone is 8. The van der Waals surface area contributed by atoms with Crippen LogP contribution in [0.4, 0.5) is 0 Å². The summed E-state index contributed by atoms with van der Waals surface area (Å²) in [6.07, 6.45) is 81.2. The minimum atomic E-state index is -0.779. The van der Waals surface area contributed by atoms with Gasteiger partial charge >= 0.3 is 17.9 Å². The molecule has 0 spiro atoms. The highest BCUT2D eigenvalue weighted by Crippen LogP contribution is 2.17. The molecule has 0 amide bonds. The second-order valence-electron chi connectivity index (χ2n) is 22.7. The first-order valence-electron chi connectivity index (χ1n) is 33.6. The summed E-state index contributed by atoms with van der Waals surface area (Å²) in [5, 5.41) is 0. The third kappa shape index (κ3) is 62.2. The Kier molecular flexibility index (Phi) is 62.6. The molecular formula is C70H128O6. The summed E-state index contributed by atoms with van der Waals surface area (Å²) < 4.78 is 17.0. The predicted octanol–water partition coefficient (Wildman–Crippen LogP) is 22.9. The first-order valence-corrected chi connectivity index (χ1v) is 33.6. The van der Waals surface area contributed by atoms with Gasteiger partial charge in [0.2, 0.25) is 0 Å². The van der Waals surface area contributed by atoms with Gasteiger partial charge in [0.15, 0.2) is 6.10 Å². The monoisotopic (exact) mass is 1060 g/mol. The molecule has 0 radical (unpaired) electrons. The molecule has 0 rings (SSSR count). The summed E-state index contributed by atoms with van der Waals surface area (Å²) in [5.41, 5.74) is 0. The van der Waals surface area contributed by atoms with Gasteiger partial charge in [0.25, 0.3) is 0 Å². The number of ether oxygens (including phenoxy) is 3. The molecule has 0 N–H and O–H groups in total.